The van der Waals surface area contributed by atoms with Gasteiger partial charge in [0.05, 0.1) is 17.9 Å². The molecular weight excluding hydrogens is 224 g/mol. The van der Waals surface area contributed by atoms with E-state index >= 15 is 0 Å². The molecule has 2 heterocycles. The molecule has 1 saturated heterocycles. The second-order valence-corrected chi connectivity index (χ2v) is 4.76. The van der Waals surface area contributed by atoms with Crippen LogP contribution in [0, 0.1) is 0 Å². The lowest BCUT2D eigenvalue weighted by atomic mass is 10.1. The molecule has 4 heteroatoms. The highest BCUT2D eigenvalue weighted by Gasteiger charge is 2.18. The first kappa shape index (κ1) is 11.4. The zero-order chi connectivity index (χ0) is 12.2. The van der Waals surface area contributed by atoms with E-state index in [1.165, 1.54) is 18.4 Å². The lowest BCUT2D eigenvalue weighted by Gasteiger charge is -2.16. The summed E-state index contributed by atoms with van der Waals surface area (Å²) in [6.45, 7) is 2.19. The second-order valence-electron chi connectivity index (χ2n) is 4.76. The minimum Gasteiger partial charge on any atom is -0.317 e. The maximum atomic E-state index is 4.30. The van der Waals surface area contributed by atoms with Crippen LogP contribution in [0.3, 0.4) is 0 Å². The number of hydrogen-bond acceptors (Lipinski definition) is 3. The first-order chi connectivity index (χ1) is 8.95. The Hall–Kier alpha value is -1.68. The molecule has 94 valence electrons. The molecule has 3 rings (SSSR count). The van der Waals surface area contributed by atoms with E-state index in [0.717, 1.165) is 25.2 Å². The van der Waals surface area contributed by atoms with Gasteiger partial charge in [0.1, 0.15) is 0 Å². The standard InChI is InChI=1S/C14H18N4/c1-2-5-12(6-3-1)14-11-16-17-18(14)13-7-4-9-15-10-8-13/h1-3,5-6,11,13,15H,4,7-10H2. The van der Waals surface area contributed by atoms with E-state index in [4.69, 9.17) is 0 Å². The van der Waals surface area contributed by atoms with Crippen LogP contribution in [0.25, 0.3) is 11.3 Å². The normalized spacial score (nSPS) is 20.6. The molecule has 4 nitrogen and oxygen atoms in total. The van der Waals surface area contributed by atoms with E-state index in [1.807, 2.05) is 12.3 Å². The molecule has 1 aromatic heterocycles. The Kier molecular flexibility index (Phi) is 3.37. The SMILES string of the molecule is c1ccc(-c2cnnn2C2CCCNCC2)cc1. The van der Waals surface area contributed by atoms with Gasteiger partial charge in [-0.05, 0) is 32.4 Å². The van der Waals surface area contributed by atoms with Gasteiger partial charge in [-0.3, -0.25) is 0 Å². The fourth-order valence-electron chi connectivity index (χ4n) is 2.57. The van der Waals surface area contributed by atoms with Gasteiger partial charge in [0.15, 0.2) is 0 Å². The van der Waals surface area contributed by atoms with Crippen LogP contribution in [0.5, 0.6) is 0 Å². The van der Waals surface area contributed by atoms with Gasteiger partial charge in [-0.2, -0.15) is 0 Å². The molecule has 18 heavy (non-hydrogen) atoms. The smallest absolute Gasteiger partial charge is 0.0888 e. The van der Waals surface area contributed by atoms with Crippen LogP contribution in [0.15, 0.2) is 36.5 Å². The molecule has 0 radical (unpaired) electrons. The van der Waals surface area contributed by atoms with Crippen molar-refractivity contribution in [2.45, 2.75) is 25.3 Å². The summed E-state index contributed by atoms with van der Waals surface area (Å²) in [5, 5.41) is 11.8. The number of hydrogen-bond donors (Lipinski definition) is 1. The van der Waals surface area contributed by atoms with Gasteiger partial charge in [-0.25, -0.2) is 4.68 Å². The fourth-order valence-corrected chi connectivity index (χ4v) is 2.57. The van der Waals surface area contributed by atoms with Crippen molar-refractivity contribution in [2.75, 3.05) is 13.1 Å². The summed E-state index contributed by atoms with van der Waals surface area (Å²) < 4.78 is 2.10. The van der Waals surface area contributed by atoms with Gasteiger partial charge in [0, 0.05) is 5.56 Å². The number of rotatable bonds is 2. The number of nitrogens with zero attached hydrogens (tertiary/aromatic N) is 3. The lowest BCUT2D eigenvalue weighted by Crippen LogP contribution is -2.16. The first-order valence-electron chi connectivity index (χ1n) is 6.61. The van der Waals surface area contributed by atoms with Crippen molar-refractivity contribution in [3.8, 4) is 11.3 Å². The zero-order valence-corrected chi connectivity index (χ0v) is 10.4. The summed E-state index contributed by atoms with van der Waals surface area (Å²) in [6.07, 6.45) is 5.38. The van der Waals surface area contributed by atoms with E-state index in [9.17, 15) is 0 Å². The van der Waals surface area contributed by atoms with E-state index in [0.29, 0.717) is 6.04 Å². The minimum atomic E-state index is 0.470. The topological polar surface area (TPSA) is 42.7 Å². The Bertz CT molecular complexity index is 484. The molecule has 0 aliphatic carbocycles. The molecule has 1 aliphatic heterocycles. The van der Waals surface area contributed by atoms with Crippen LogP contribution >= 0.6 is 0 Å². The molecule has 1 atom stereocenters. The molecule has 0 saturated carbocycles. The van der Waals surface area contributed by atoms with Gasteiger partial charge >= 0.3 is 0 Å². The summed E-state index contributed by atoms with van der Waals surface area (Å²) in [5.74, 6) is 0. The molecule has 0 amide bonds. The van der Waals surface area contributed by atoms with Gasteiger partial charge in [-0.15, -0.1) is 5.10 Å². The average molecular weight is 242 g/mol. The van der Waals surface area contributed by atoms with E-state index in [-0.39, 0.29) is 0 Å². The summed E-state index contributed by atoms with van der Waals surface area (Å²) in [6, 6.07) is 10.8. The van der Waals surface area contributed by atoms with E-state index < -0.39 is 0 Å². The summed E-state index contributed by atoms with van der Waals surface area (Å²) >= 11 is 0. The monoisotopic (exact) mass is 242 g/mol. The van der Waals surface area contributed by atoms with Crippen molar-refractivity contribution in [1.82, 2.24) is 20.3 Å². The average Bonchev–Trinajstić information content (AvgIpc) is 2.75. The van der Waals surface area contributed by atoms with E-state index in [1.54, 1.807) is 0 Å². The summed E-state index contributed by atoms with van der Waals surface area (Å²) in [7, 11) is 0. The third kappa shape index (κ3) is 2.29. The number of nitrogens with one attached hydrogen (secondary N) is 1. The third-order valence-corrected chi connectivity index (χ3v) is 3.54. The third-order valence-electron chi connectivity index (χ3n) is 3.54. The molecule has 0 spiro atoms. The molecule has 1 fully saturated rings. The summed E-state index contributed by atoms with van der Waals surface area (Å²) in [4.78, 5) is 0. The Morgan fingerprint density at radius 2 is 2.00 bits per heavy atom. The van der Waals surface area contributed by atoms with Crippen LogP contribution in [0.4, 0.5) is 0 Å². The maximum absolute atomic E-state index is 4.30. The maximum Gasteiger partial charge on any atom is 0.0888 e. The van der Waals surface area contributed by atoms with Crippen LogP contribution in [-0.4, -0.2) is 28.1 Å². The Balaban J connectivity index is 1.91. The van der Waals surface area contributed by atoms with Gasteiger partial charge in [0.2, 0.25) is 0 Å². The highest BCUT2D eigenvalue weighted by molar-refractivity contribution is 5.58. The predicted molar refractivity (Wildman–Crippen MR) is 71.2 cm³/mol. The van der Waals surface area contributed by atoms with Gasteiger partial charge in [0.25, 0.3) is 0 Å². The fraction of sp³-hybridized carbons (Fsp3) is 0.429. The van der Waals surface area contributed by atoms with E-state index in [2.05, 4.69) is 44.6 Å². The lowest BCUT2D eigenvalue weighted by molar-refractivity contribution is 0.408. The highest BCUT2D eigenvalue weighted by Crippen LogP contribution is 2.25. The Morgan fingerprint density at radius 3 is 2.89 bits per heavy atom. The largest absolute Gasteiger partial charge is 0.317 e. The van der Waals surface area contributed by atoms with Crippen LogP contribution < -0.4 is 5.32 Å². The van der Waals surface area contributed by atoms with Crippen molar-refractivity contribution >= 4 is 0 Å². The van der Waals surface area contributed by atoms with Crippen molar-refractivity contribution in [2.24, 2.45) is 0 Å². The molecule has 0 bridgehead atoms. The van der Waals surface area contributed by atoms with Crippen LogP contribution in [0.2, 0.25) is 0 Å². The molecule has 2 aromatic rings. The molecular formula is C14H18N4. The molecule has 1 aromatic carbocycles. The predicted octanol–water partition coefficient (Wildman–Crippen LogP) is 2.26. The summed E-state index contributed by atoms with van der Waals surface area (Å²) in [5.41, 5.74) is 2.32. The van der Waals surface area contributed by atoms with Crippen molar-refractivity contribution in [3.05, 3.63) is 36.5 Å². The second kappa shape index (κ2) is 5.31. The van der Waals surface area contributed by atoms with Crippen molar-refractivity contribution < 1.29 is 0 Å². The highest BCUT2D eigenvalue weighted by atomic mass is 15.4. The quantitative estimate of drug-likeness (QED) is 0.878. The number of aromatic nitrogens is 3. The molecule has 1 N–H and O–H groups in total. The van der Waals surface area contributed by atoms with Crippen LogP contribution in [0.1, 0.15) is 25.3 Å². The Labute approximate surface area is 107 Å². The minimum absolute atomic E-state index is 0.470. The van der Waals surface area contributed by atoms with Crippen molar-refractivity contribution in [1.29, 1.82) is 0 Å². The van der Waals surface area contributed by atoms with Crippen molar-refractivity contribution in [3.63, 3.8) is 0 Å². The zero-order valence-electron chi connectivity index (χ0n) is 10.4. The first-order valence-corrected chi connectivity index (χ1v) is 6.61. The van der Waals surface area contributed by atoms with Gasteiger partial charge in [-0.1, -0.05) is 35.5 Å². The van der Waals surface area contributed by atoms with Crippen LogP contribution in [-0.2, 0) is 0 Å². The molecule has 1 aliphatic rings. The Morgan fingerprint density at radius 1 is 1.11 bits per heavy atom. The van der Waals surface area contributed by atoms with Gasteiger partial charge < -0.3 is 5.32 Å². The molecule has 1 unspecified atom stereocenters. The number of benzene rings is 1.